The SMILES string of the molecule is Cc1cccc(SCC(O)C2CCCCC2)c1. The fourth-order valence-electron chi connectivity index (χ4n) is 2.54. The van der Waals surface area contributed by atoms with E-state index in [0.29, 0.717) is 5.92 Å². The number of rotatable bonds is 4. The van der Waals surface area contributed by atoms with Crippen LogP contribution in [0.15, 0.2) is 29.2 Å². The molecule has 1 saturated carbocycles. The molecule has 1 aromatic carbocycles. The fourth-order valence-corrected chi connectivity index (χ4v) is 3.62. The molecule has 0 spiro atoms. The maximum absolute atomic E-state index is 10.2. The number of aryl methyl sites for hydroxylation is 1. The average Bonchev–Trinajstić information content (AvgIpc) is 2.37. The average molecular weight is 250 g/mol. The van der Waals surface area contributed by atoms with E-state index in [1.807, 2.05) is 0 Å². The Kier molecular flexibility index (Phi) is 4.93. The summed E-state index contributed by atoms with van der Waals surface area (Å²) in [7, 11) is 0. The highest BCUT2D eigenvalue weighted by Gasteiger charge is 2.21. The van der Waals surface area contributed by atoms with Gasteiger partial charge in [-0.1, -0.05) is 37.0 Å². The molecule has 1 aliphatic carbocycles. The van der Waals surface area contributed by atoms with Gasteiger partial charge in [0.2, 0.25) is 0 Å². The summed E-state index contributed by atoms with van der Waals surface area (Å²) >= 11 is 1.79. The number of hydrogen-bond donors (Lipinski definition) is 1. The summed E-state index contributed by atoms with van der Waals surface area (Å²) in [5, 5.41) is 10.2. The Morgan fingerprint density at radius 3 is 2.76 bits per heavy atom. The summed E-state index contributed by atoms with van der Waals surface area (Å²) in [6.07, 6.45) is 6.27. The lowest BCUT2D eigenvalue weighted by Crippen LogP contribution is -2.24. The second kappa shape index (κ2) is 6.46. The summed E-state index contributed by atoms with van der Waals surface area (Å²) in [6, 6.07) is 8.52. The van der Waals surface area contributed by atoms with Crippen LogP contribution < -0.4 is 0 Å². The van der Waals surface area contributed by atoms with E-state index >= 15 is 0 Å². The van der Waals surface area contributed by atoms with Gasteiger partial charge in [0.25, 0.3) is 0 Å². The van der Waals surface area contributed by atoms with E-state index in [2.05, 4.69) is 31.2 Å². The lowest BCUT2D eigenvalue weighted by molar-refractivity contribution is 0.105. The fraction of sp³-hybridized carbons (Fsp3) is 0.600. The molecule has 0 amide bonds. The maximum atomic E-state index is 10.2. The molecule has 1 N–H and O–H groups in total. The number of benzene rings is 1. The van der Waals surface area contributed by atoms with Gasteiger partial charge in [-0.05, 0) is 37.8 Å². The predicted octanol–water partition coefficient (Wildman–Crippen LogP) is 4.03. The third-order valence-corrected chi connectivity index (χ3v) is 4.70. The Bertz CT molecular complexity index is 345. The topological polar surface area (TPSA) is 20.2 Å². The van der Waals surface area contributed by atoms with Crippen LogP contribution in [0.3, 0.4) is 0 Å². The Morgan fingerprint density at radius 2 is 2.06 bits per heavy atom. The van der Waals surface area contributed by atoms with Crippen molar-refractivity contribution in [2.75, 3.05) is 5.75 Å². The van der Waals surface area contributed by atoms with E-state index in [-0.39, 0.29) is 6.10 Å². The minimum atomic E-state index is -0.124. The first-order chi connectivity index (χ1) is 8.25. The molecule has 0 heterocycles. The van der Waals surface area contributed by atoms with Crippen molar-refractivity contribution in [2.24, 2.45) is 5.92 Å². The second-order valence-electron chi connectivity index (χ2n) is 5.09. The van der Waals surface area contributed by atoms with Crippen LogP contribution in [-0.4, -0.2) is 17.0 Å². The molecule has 0 radical (unpaired) electrons. The number of hydrogen-bond acceptors (Lipinski definition) is 2. The Labute approximate surface area is 109 Å². The molecule has 1 fully saturated rings. The van der Waals surface area contributed by atoms with E-state index < -0.39 is 0 Å². The highest BCUT2D eigenvalue weighted by Crippen LogP contribution is 2.29. The molecule has 1 unspecified atom stereocenters. The molecule has 2 rings (SSSR count). The van der Waals surface area contributed by atoms with Crippen molar-refractivity contribution in [3.05, 3.63) is 29.8 Å². The molecule has 1 atom stereocenters. The summed E-state index contributed by atoms with van der Waals surface area (Å²) in [4.78, 5) is 1.28. The normalized spacial score (nSPS) is 19.2. The van der Waals surface area contributed by atoms with E-state index in [1.165, 1.54) is 42.6 Å². The van der Waals surface area contributed by atoms with Gasteiger partial charge in [-0.2, -0.15) is 0 Å². The molecule has 1 nitrogen and oxygen atoms in total. The van der Waals surface area contributed by atoms with Gasteiger partial charge >= 0.3 is 0 Å². The van der Waals surface area contributed by atoms with E-state index in [9.17, 15) is 5.11 Å². The highest BCUT2D eigenvalue weighted by atomic mass is 32.2. The Morgan fingerprint density at radius 1 is 1.29 bits per heavy atom. The first-order valence-electron chi connectivity index (χ1n) is 6.63. The summed E-state index contributed by atoms with van der Waals surface area (Å²) < 4.78 is 0. The van der Waals surface area contributed by atoms with Crippen molar-refractivity contribution >= 4 is 11.8 Å². The smallest absolute Gasteiger partial charge is 0.0662 e. The van der Waals surface area contributed by atoms with E-state index in [0.717, 1.165) is 5.75 Å². The van der Waals surface area contributed by atoms with Gasteiger partial charge in [-0.25, -0.2) is 0 Å². The van der Waals surface area contributed by atoms with Gasteiger partial charge in [0, 0.05) is 10.6 Å². The lowest BCUT2D eigenvalue weighted by atomic mass is 9.86. The lowest BCUT2D eigenvalue weighted by Gasteiger charge is -2.26. The van der Waals surface area contributed by atoms with E-state index in [1.54, 1.807) is 11.8 Å². The van der Waals surface area contributed by atoms with Crippen LogP contribution >= 0.6 is 11.8 Å². The Hall–Kier alpha value is -0.470. The van der Waals surface area contributed by atoms with Crippen LogP contribution in [0.5, 0.6) is 0 Å². The summed E-state index contributed by atoms with van der Waals surface area (Å²) in [5.74, 6) is 1.38. The number of aliphatic hydroxyl groups is 1. The van der Waals surface area contributed by atoms with Crippen LogP contribution in [0.4, 0.5) is 0 Å². The molecule has 0 aromatic heterocycles. The number of thioether (sulfide) groups is 1. The quantitative estimate of drug-likeness (QED) is 0.814. The largest absolute Gasteiger partial charge is 0.392 e. The van der Waals surface area contributed by atoms with Crippen molar-refractivity contribution < 1.29 is 5.11 Å². The van der Waals surface area contributed by atoms with Gasteiger partial charge in [-0.15, -0.1) is 11.8 Å². The molecule has 1 aliphatic rings. The highest BCUT2D eigenvalue weighted by molar-refractivity contribution is 7.99. The van der Waals surface area contributed by atoms with Crippen LogP contribution in [0.25, 0.3) is 0 Å². The molecule has 0 saturated heterocycles. The first kappa shape index (κ1) is 13.0. The minimum absolute atomic E-state index is 0.124. The van der Waals surface area contributed by atoms with Crippen molar-refractivity contribution in [2.45, 2.75) is 50.0 Å². The van der Waals surface area contributed by atoms with Crippen LogP contribution in [0, 0.1) is 12.8 Å². The van der Waals surface area contributed by atoms with Gasteiger partial charge in [0.05, 0.1) is 6.10 Å². The molecular formula is C15H22OS. The monoisotopic (exact) mass is 250 g/mol. The van der Waals surface area contributed by atoms with Crippen molar-refractivity contribution in [3.8, 4) is 0 Å². The Balaban J connectivity index is 1.80. The van der Waals surface area contributed by atoms with Crippen molar-refractivity contribution in [3.63, 3.8) is 0 Å². The van der Waals surface area contributed by atoms with Crippen LogP contribution in [0.1, 0.15) is 37.7 Å². The first-order valence-corrected chi connectivity index (χ1v) is 7.62. The van der Waals surface area contributed by atoms with Crippen molar-refractivity contribution in [1.82, 2.24) is 0 Å². The minimum Gasteiger partial charge on any atom is -0.392 e. The number of aliphatic hydroxyl groups excluding tert-OH is 1. The van der Waals surface area contributed by atoms with Gasteiger partial charge < -0.3 is 5.11 Å². The van der Waals surface area contributed by atoms with Crippen molar-refractivity contribution in [1.29, 1.82) is 0 Å². The zero-order valence-electron chi connectivity index (χ0n) is 10.6. The second-order valence-corrected chi connectivity index (χ2v) is 6.19. The summed E-state index contributed by atoms with van der Waals surface area (Å²) in [6.45, 7) is 2.11. The summed E-state index contributed by atoms with van der Waals surface area (Å²) in [5.41, 5.74) is 1.29. The molecule has 1 aromatic rings. The van der Waals surface area contributed by atoms with Crippen LogP contribution in [-0.2, 0) is 0 Å². The van der Waals surface area contributed by atoms with E-state index in [4.69, 9.17) is 0 Å². The molecule has 17 heavy (non-hydrogen) atoms. The third-order valence-electron chi connectivity index (χ3n) is 3.60. The van der Waals surface area contributed by atoms with Crippen LogP contribution in [0.2, 0.25) is 0 Å². The molecule has 0 bridgehead atoms. The molecule has 0 aliphatic heterocycles. The molecular weight excluding hydrogens is 228 g/mol. The zero-order valence-corrected chi connectivity index (χ0v) is 11.4. The standard InChI is InChI=1S/C15H22OS/c1-12-6-5-9-14(10-12)17-11-15(16)13-7-3-2-4-8-13/h5-6,9-10,13,15-16H,2-4,7-8,11H2,1H3. The van der Waals surface area contributed by atoms with Gasteiger partial charge in [0.15, 0.2) is 0 Å². The molecule has 94 valence electrons. The van der Waals surface area contributed by atoms with Gasteiger partial charge in [0.1, 0.15) is 0 Å². The third kappa shape index (κ3) is 4.04. The zero-order chi connectivity index (χ0) is 12.1. The molecule has 2 heteroatoms. The van der Waals surface area contributed by atoms with Gasteiger partial charge in [-0.3, -0.25) is 0 Å². The maximum Gasteiger partial charge on any atom is 0.0662 e. The predicted molar refractivity (Wildman–Crippen MR) is 74.5 cm³/mol.